The molecule has 0 aliphatic rings. The summed E-state index contributed by atoms with van der Waals surface area (Å²) >= 11 is 0. The highest BCUT2D eigenvalue weighted by atomic mass is 32.2. The lowest BCUT2D eigenvalue weighted by molar-refractivity contribution is -0.274. The van der Waals surface area contributed by atoms with E-state index in [0.717, 1.165) is 0 Å². The van der Waals surface area contributed by atoms with E-state index < -0.39 is 16.4 Å². The minimum absolute atomic E-state index is 0.109. The number of halogens is 3. The topological polar surface area (TPSA) is 67.4 Å². The Balaban J connectivity index is 2.47. The van der Waals surface area contributed by atoms with Crippen LogP contribution in [0, 0.1) is 0 Å². The third kappa shape index (κ3) is 6.73. The normalized spacial score (nSPS) is 12.4. The van der Waals surface area contributed by atoms with Crippen LogP contribution in [0.5, 0.6) is 5.75 Å². The van der Waals surface area contributed by atoms with Crippen molar-refractivity contribution in [2.45, 2.75) is 12.9 Å². The van der Waals surface area contributed by atoms with Gasteiger partial charge in [-0.1, -0.05) is 12.1 Å². The molecule has 1 rings (SSSR count). The lowest BCUT2D eigenvalue weighted by atomic mass is 10.2. The van der Waals surface area contributed by atoms with Gasteiger partial charge in [-0.15, -0.1) is 13.2 Å². The maximum atomic E-state index is 12.0. The van der Waals surface area contributed by atoms with Crippen molar-refractivity contribution in [1.29, 1.82) is 0 Å². The van der Waals surface area contributed by atoms with Gasteiger partial charge in [-0.2, -0.15) is 0 Å². The lowest BCUT2D eigenvalue weighted by Crippen LogP contribution is -2.29. The Morgan fingerprint density at radius 2 is 2.00 bits per heavy atom. The summed E-state index contributed by atoms with van der Waals surface area (Å²) in [6.07, 6.45) is -4.73. The molecule has 0 aliphatic carbocycles. The molecule has 0 aromatic heterocycles. The van der Waals surface area contributed by atoms with Crippen LogP contribution in [-0.2, 0) is 16.6 Å². The molecule has 114 valence electrons. The first kappa shape index (κ1) is 16.7. The quantitative estimate of drug-likeness (QED) is 0.743. The molecule has 9 heteroatoms. The van der Waals surface area contributed by atoms with Crippen LogP contribution in [0.1, 0.15) is 5.56 Å². The Bertz CT molecular complexity index is 532. The smallest absolute Gasteiger partial charge is 0.406 e. The van der Waals surface area contributed by atoms with Gasteiger partial charge in [0.1, 0.15) is 5.75 Å². The third-order valence-corrected chi connectivity index (χ3v) is 3.68. The first-order valence-corrected chi connectivity index (χ1v) is 7.34. The second kappa shape index (κ2) is 6.91. The SMILES string of the molecule is CNS(=O)(=O)CCNCc1cccc(OC(F)(F)F)c1. The summed E-state index contributed by atoms with van der Waals surface area (Å²) < 4.78 is 64.3. The molecule has 0 saturated carbocycles. The van der Waals surface area contributed by atoms with Crippen molar-refractivity contribution in [3.63, 3.8) is 0 Å². The van der Waals surface area contributed by atoms with Crippen LogP contribution in [0.2, 0.25) is 0 Å². The molecular formula is C11H15F3N2O3S. The Labute approximate surface area is 115 Å². The molecule has 0 aliphatic heterocycles. The van der Waals surface area contributed by atoms with E-state index in [1.54, 1.807) is 6.07 Å². The van der Waals surface area contributed by atoms with E-state index in [4.69, 9.17) is 0 Å². The third-order valence-electron chi connectivity index (χ3n) is 2.32. The average molecular weight is 312 g/mol. The molecular weight excluding hydrogens is 297 g/mol. The molecule has 0 spiro atoms. The Morgan fingerprint density at radius 3 is 2.60 bits per heavy atom. The van der Waals surface area contributed by atoms with E-state index in [9.17, 15) is 21.6 Å². The van der Waals surface area contributed by atoms with Gasteiger partial charge in [-0.3, -0.25) is 0 Å². The number of alkyl halides is 3. The molecule has 0 radical (unpaired) electrons. The summed E-state index contributed by atoms with van der Waals surface area (Å²) in [7, 11) is -1.98. The van der Waals surface area contributed by atoms with Crippen LogP contribution in [0.3, 0.4) is 0 Å². The predicted octanol–water partition coefficient (Wildman–Crippen LogP) is 1.22. The van der Waals surface area contributed by atoms with Crippen LogP contribution < -0.4 is 14.8 Å². The molecule has 20 heavy (non-hydrogen) atoms. The highest BCUT2D eigenvalue weighted by Crippen LogP contribution is 2.23. The summed E-state index contributed by atoms with van der Waals surface area (Å²) in [5.41, 5.74) is 0.564. The maximum Gasteiger partial charge on any atom is 0.573 e. The van der Waals surface area contributed by atoms with Gasteiger partial charge in [0.25, 0.3) is 0 Å². The fourth-order valence-corrected chi connectivity index (χ4v) is 2.01. The largest absolute Gasteiger partial charge is 0.573 e. The highest BCUT2D eigenvalue weighted by Gasteiger charge is 2.31. The van der Waals surface area contributed by atoms with E-state index >= 15 is 0 Å². The van der Waals surface area contributed by atoms with Crippen molar-refractivity contribution in [2.75, 3.05) is 19.3 Å². The number of hydrogen-bond acceptors (Lipinski definition) is 4. The first-order chi connectivity index (χ1) is 9.22. The molecule has 1 aromatic rings. The van der Waals surface area contributed by atoms with Crippen molar-refractivity contribution in [2.24, 2.45) is 0 Å². The average Bonchev–Trinajstić information content (AvgIpc) is 2.33. The summed E-state index contributed by atoms with van der Waals surface area (Å²) in [5.74, 6) is -0.415. The summed E-state index contributed by atoms with van der Waals surface area (Å²) in [5, 5.41) is 2.83. The fraction of sp³-hybridized carbons (Fsp3) is 0.455. The number of sulfonamides is 1. The van der Waals surface area contributed by atoms with Crippen LogP contribution in [0.4, 0.5) is 13.2 Å². The lowest BCUT2D eigenvalue weighted by Gasteiger charge is -2.10. The molecule has 5 nitrogen and oxygen atoms in total. The van der Waals surface area contributed by atoms with Gasteiger partial charge < -0.3 is 10.1 Å². The van der Waals surface area contributed by atoms with Crippen molar-refractivity contribution < 1.29 is 26.3 Å². The predicted molar refractivity (Wildman–Crippen MR) is 67.7 cm³/mol. The fourth-order valence-electron chi connectivity index (χ4n) is 1.39. The number of nitrogens with one attached hydrogen (secondary N) is 2. The Morgan fingerprint density at radius 1 is 1.30 bits per heavy atom. The van der Waals surface area contributed by atoms with Gasteiger partial charge in [0.2, 0.25) is 10.0 Å². The molecule has 0 bridgehead atoms. The number of rotatable bonds is 7. The second-order valence-corrected chi connectivity index (χ2v) is 5.94. The van der Waals surface area contributed by atoms with Crippen LogP contribution >= 0.6 is 0 Å². The van der Waals surface area contributed by atoms with Crippen LogP contribution in [0.25, 0.3) is 0 Å². The Kier molecular flexibility index (Phi) is 5.78. The summed E-state index contributed by atoms with van der Waals surface area (Å²) in [4.78, 5) is 0. The first-order valence-electron chi connectivity index (χ1n) is 5.68. The monoisotopic (exact) mass is 312 g/mol. The van der Waals surface area contributed by atoms with E-state index in [1.165, 1.54) is 25.2 Å². The zero-order valence-electron chi connectivity index (χ0n) is 10.7. The minimum atomic E-state index is -4.73. The van der Waals surface area contributed by atoms with Gasteiger partial charge in [0, 0.05) is 13.1 Å². The van der Waals surface area contributed by atoms with Crippen molar-refractivity contribution >= 4 is 10.0 Å². The molecule has 0 atom stereocenters. The van der Waals surface area contributed by atoms with Gasteiger partial charge in [0.15, 0.2) is 0 Å². The van der Waals surface area contributed by atoms with Gasteiger partial charge in [0.05, 0.1) is 5.75 Å². The van der Waals surface area contributed by atoms with Crippen molar-refractivity contribution in [3.05, 3.63) is 29.8 Å². The molecule has 0 fully saturated rings. The van der Waals surface area contributed by atoms with Gasteiger partial charge >= 0.3 is 6.36 Å². The number of ether oxygens (including phenoxy) is 1. The molecule has 0 saturated heterocycles. The Hall–Kier alpha value is -1.32. The molecule has 0 amide bonds. The number of benzene rings is 1. The summed E-state index contributed by atoms with van der Waals surface area (Å²) in [6.45, 7) is 0.432. The molecule has 0 unspecified atom stereocenters. The van der Waals surface area contributed by atoms with Crippen molar-refractivity contribution in [1.82, 2.24) is 10.0 Å². The zero-order valence-corrected chi connectivity index (χ0v) is 11.5. The van der Waals surface area contributed by atoms with Crippen LogP contribution in [0.15, 0.2) is 24.3 Å². The standard InChI is InChI=1S/C11H15F3N2O3S/c1-15-20(17,18)6-5-16-8-9-3-2-4-10(7-9)19-11(12,13)14/h2-4,7,15-16H,5-6,8H2,1H3. The summed E-state index contributed by atoms with van der Waals surface area (Å²) in [6, 6.07) is 5.49. The van der Waals surface area contributed by atoms with E-state index in [1.807, 2.05) is 0 Å². The van der Waals surface area contributed by atoms with E-state index in [2.05, 4.69) is 14.8 Å². The van der Waals surface area contributed by atoms with Gasteiger partial charge in [-0.05, 0) is 24.7 Å². The van der Waals surface area contributed by atoms with Gasteiger partial charge in [-0.25, -0.2) is 13.1 Å². The number of hydrogen-bond donors (Lipinski definition) is 2. The molecule has 0 heterocycles. The van der Waals surface area contributed by atoms with E-state index in [-0.39, 0.29) is 24.6 Å². The van der Waals surface area contributed by atoms with Crippen LogP contribution in [-0.4, -0.2) is 34.1 Å². The second-order valence-electron chi connectivity index (χ2n) is 3.89. The molecule has 2 N–H and O–H groups in total. The minimum Gasteiger partial charge on any atom is -0.406 e. The molecule has 1 aromatic carbocycles. The van der Waals surface area contributed by atoms with Crippen molar-refractivity contribution in [3.8, 4) is 5.75 Å². The van der Waals surface area contributed by atoms with E-state index in [0.29, 0.717) is 5.56 Å². The zero-order chi connectivity index (χ0) is 15.2. The maximum absolute atomic E-state index is 12.0. The highest BCUT2D eigenvalue weighted by molar-refractivity contribution is 7.89.